The van der Waals surface area contributed by atoms with E-state index in [1.807, 2.05) is 7.05 Å². The smallest absolute Gasteiger partial charge is 0.235 e. The average molecular weight is 390 g/mol. The summed E-state index contributed by atoms with van der Waals surface area (Å²) in [7, 11) is 1.81. The third kappa shape index (κ3) is 4.37. The molecule has 1 aromatic heterocycles. The summed E-state index contributed by atoms with van der Waals surface area (Å²) in [6.45, 7) is 5.71. The Balaban J connectivity index is 1.27. The second-order valence-corrected chi connectivity index (χ2v) is 8.57. The first kappa shape index (κ1) is 19.4. The van der Waals surface area contributed by atoms with Crippen molar-refractivity contribution in [3.63, 3.8) is 0 Å². The van der Waals surface area contributed by atoms with Crippen molar-refractivity contribution in [2.24, 2.45) is 11.8 Å². The first-order chi connectivity index (χ1) is 13.5. The van der Waals surface area contributed by atoms with Crippen molar-refractivity contribution >= 4 is 11.8 Å². The number of hydrogen-bond acceptors (Lipinski definition) is 6. The molecule has 3 fully saturated rings. The van der Waals surface area contributed by atoms with Gasteiger partial charge in [-0.1, -0.05) is 0 Å². The van der Waals surface area contributed by atoms with E-state index in [-0.39, 0.29) is 11.8 Å². The van der Waals surface area contributed by atoms with Gasteiger partial charge in [-0.05, 0) is 45.1 Å². The average Bonchev–Trinajstić information content (AvgIpc) is 3.49. The van der Waals surface area contributed by atoms with E-state index in [1.165, 1.54) is 0 Å². The van der Waals surface area contributed by atoms with Gasteiger partial charge < -0.3 is 14.2 Å². The Labute approximate surface area is 166 Å². The lowest BCUT2D eigenvalue weighted by molar-refractivity contribution is -0.137. The maximum absolute atomic E-state index is 12.9. The Kier molecular flexibility index (Phi) is 5.66. The van der Waals surface area contributed by atoms with E-state index in [4.69, 9.17) is 4.42 Å². The molecular weight excluding hydrogens is 358 g/mol. The Morgan fingerprint density at radius 2 is 1.82 bits per heavy atom. The van der Waals surface area contributed by atoms with Gasteiger partial charge in [0.1, 0.15) is 0 Å². The molecule has 1 aromatic rings. The van der Waals surface area contributed by atoms with Crippen LogP contribution < -0.4 is 0 Å². The van der Waals surface area contributed by atoms with Gasteiger partial charge in [-0.25, -0.2) is 0 Å². The maximum Gasteiger partial charge on any atom is 0.235 e. The van der Waals surface area contributed by atoms with Gasteiger partial charge >= 0.3 is 0 Å². The summed E-state index contributed by atoms with van der Waals surface area (Å²) in [5, 5.41) is 7.81. The lowest BCUT2D eigenvalue weighted by Gasteiger charge is -2.42. The van der Waals surface area contributed by atoms with Gasteiger partial charge in [-0.3, -0.25) is 14.5 Å². The summed E-state index contributed by atoms with van der Waals surface area (Å²) in [4.78, 5) is 31.4. The van der Waals surface area contributed by atoms with Crippen LogP contribution in [0.3, 0.4) is 0 Å². The van der Waals surface area contributed by atoms with Crippen LogP contribution in [0.1, 0.15) is 50.3 Å². The molecule has 2 aliphatic heterocycles. The van der Waals surface area contributed by atoms with Gasteiger partial charge in [0.05, 0.1) is 12.5 Å². The summed E-state index contributed by atoms with van der Waals surface area (Å²) in [5.41, 5.74) is 0. The van der Waals surface area contributed by atoms with Crippen molar-refractivity contribution in [1.82, 2.24) is 24.9 Å². The number of hydrogen-bond donors (Lipinski definition) is 0. The minimum atomic E-state index is 0.0221. The fourth-order valence-electron chi connectivity index (χ4n) is 4.57. The van der Waals surface area contributed by atoms with Crippen molar-refractivity contribution in [2.75, 3.05) is 33.2 Å². The number of carbonyl (C=O) groups is 2. The molecule has 3 heterocycles. The normalized spacial score (nSPS) is 24.4. The molecule has 1 atom stereocenters. The van der Waals surface area contributed by atoms with Crippen LogP contribution in [-0.4, -0.2) is 76.0 Å². The first-order valence-corrected chi connectivity index (χ1v) is 10.6. The van der Waals surface area contributed by atoms with Gasteiger partial charge in [-0.15, -0.1) is 10.2 Å². The van der Waals surface area contributed by atoms with Gasteiger partial charge in [0, 0.05) is 45.6 Å². The molecule has 2 amide bonds. The standard InChI is InChI=1S/C20H31N5O3/c1-14-21-22-18(28-14)13-23(2)19(26)16-4-3-9-25(12-16)17-7-10-24(11-8-17)20(27)15-5-6-15/h15-17H,3-13H2,1-2H3/t16-/m1/s1. The number of nitrogens with zero attached hydrogens (tertiary/aromatic N) is 5. The van der Waals surface area contributed by atoms with Crippen molar-refractivity contribution in [3.8, 4) is 0 Å². The molecule has 28 heavy (non-hydrogen) atoms. The number of aromatic nitrogens is 2. The van der Waals surface area contributed by atoms with Crippen LogP contribution in [0, 0.1) is 18.8 Å². The van der Waals surface area contributed by atoms with E-state index in [2.05, 4.69) is 20.0 Å². The molecule has 0 unspecified atom stereocenters. The summed E-state index contributed by atoms with van der Waals surface area (Å²) in [6.07, 6.45) is 6.18. The monoisotopic (exact) mass is 389 g/mol. The molecule has 1 saturated carbocycles. The van der Waals surface area contributed by atoms with E-state index in [0.717, 1.165) is 64.7 Å². The predicted molar refractivity (Wildman–Crippen MR) is 102 cm³/mol. The molecule has 0 bridgehead atoms. The van der Waals surface area contributed by atoms with E-state index >= 15 is 0 Å². The van der Waals surface area contributed by atoms with Gasteiger partial charge in [0.2, 0.25) is 23.6 Å². The van der Waals surface area contributed by atoms with Crippen molar-refractivity contribution in [3.05, 3.63) is 11.8 Å². The lowest BCUT2D eigenvalue weighted by atomic mass is 9.93. The van der Waals surface area contributed by atoms with Gasteiger partial charge in [-0.2, -0.15) is 0 Å². The Bertz CT molecular complexity index is 708. The van der Waals surface area contributed by atoms with Crippen LogP contribution in [-0.2, 0) is 16.1 Å². The summed E-state index contributed by atoms with van der Waals surface area (Å²) < 4.78 is 5.40. The minimum absolute atomic E-state index is 0.0221. The lowest BCUT2D eigenvalue weighted by Crippen LogP contribution is -2.51. The third-order valence-corrected chi connectivity index (χ3v) is 6.34. The quantitative estimate of drug-likeness (QED) is 0.758. The number of carbonyl (C=O) groups excluding carboxylic acids is 2. The third-order valence-electron chi connectivity index (χ3n) is 6.34. The topological polar surface area (TPSA) is 82.8 Å². The molecule has 0 N–H and O–H groups in total. The fraction of sp³-hybridized carbons (Fsp3) is 0.800. The number of aryl methyl sites for hydroxylation is 1. The molecule has 4 rings (SSSR count). The summed E-state index contributed by atoms with van der Waals surface area (Å²) in [6, 6.07) is 0.489. The van der Waals surface area contributed by atoms with Crippen LogP contribution in [0.4, 0.5) is 0 Å². The van der Waals surface area contributed by atoms with Gasteiger partial charge in [0.25, 0.3) is 0 Å². The number of amides is 2. The van der Waals surface area contributed by atoms with Crippen molar-refractivity contribution in [1.29, 1.82) is 0 Å². The molecule has 1 aliphatic carbocycles. The van der Waals surface area contributed by atoms with Crippen LogP contribution in [0.2, 0.25) is 0 Å². The molecule has 154 valence electrons. The maximum atomic E-state index is 12.9. The zero-order valence-corrected chi connectivity index (χ0v) is 17.0. The Hall–Kier alpha value is -1.96. The molecule has 0 aromatic carbocycles. The van der Waals surface area contributed by atoms with Crippen LogP contribution in [0.5, 0.6) is 0 Å². The van der Waals surface area contributed by atoms with E-state index in [1.54, 1.807) is 11.8 Å². The highest BCUT2D eigenvalue weighted by molar-refractivity contribution is 5.81. The van der Waals surface area contributed by atoms with Crippen molar-refractivity contribution in [2.45, 2.75) is 58.0 Å². The Morgan fingerprint density at radius 1 is 1.07 bits per heavy atom. The molecule has 3 aliphatic rings. The van der Waals surface area contributed by atoms with Crippen LogP contribution in [0.25, 0.3) is 0 Å². The number of likely N-dealkylation sites (tertiary alicyclic amines) is 2. The second kappa shape index (κ2) is 8.19. The number of rotatable bonds is 5. The molecular formula is C20H31N5O3. The molecule has 8 nitrogen and oxygen atoms in total. The molecule has 0 spiro atoms. The van der Waals surface area contributed by atoms with Crippen LogP contribution >= 0.6 is 0 Å². The first-order valence-electron chi connectivity index (χ1n) is 10.6. The second-order valence-electron chi connectivity index (χ2n) is 8.57. The largest absolute Gasteiger partial charge is 0.424 e. The van der Waals surface area contributed by atoms with E-state index in [9.17, 15) is 9.59 Å². The highest BCUT2D eigenvalue weighted by Crippen LogP contribution is 2.32. The number of piperidine rings is 2. The van der Waals surface area contributed by atoms with Crippen molar-refractivity contribution < 1.29 is 14.0 Å². The zero-order chi connectivity index (χ0) is 19.7. The summed E-state index contributed by atoms with van der Waals surface area (Å²) in [5.74, 6) is 1.85. The SMILES string of the molecule is Cc1nnc(CN(C)C(=O)[C@@H]2CCCN(C3CCN(C(=O)C4CC4)CC3)C2)o1. The minimum Gasteiger partial charge on any atom is -0.424 e. The summed E-state index contributed by atoms with van der Waals surface area (Å²) >= 11 is 0. The zero-order valence-electron chi connectivity index (χ0n) is 17.0. The van der Waals surface area contributed by atoms with Gasteiger partial charge in [0.15, 0.2) is 0 Å². The van der Waals surface area contributed by atoms with E-state index in [0.29, 0.717) is 36.2 Å². The van der Waals surface area contributed by atoms with Crippen LogP contribution in [0.15, 0.2) is 4.42 Å². The predicted octanol–water partition coefficient (Wildman–Crippen LogP) is 1.45. The van der Waals surface area contributed by atoms with E-state index < -0.39 is 0 Å². The highest BCUT2D eigenvalue weighted by Gasteiger charge is 2.37. The molecule has 0 radical (unpaired) electrons. The Morgan fingerprint density at radius 3 is 2.46 bits per heavy atom. The molecule has 8 heteroatoms. The highest BCUT2D eigenvalue weighted by atomic mass is 16.4. The molecule has 2 saturated heterocycles. The fourth-order valence-corrected chi connectivity index (χ4v) is 4.57.